The predicted octanol–water partition coefficient (Wildman–Crippen LogP) is 1.61. The van der Waals surface area contributed by atoms with Gasteiger partial charge in [0.05, 0.1) is 12.2 Å². The average molecular weight is 378 g/mol. The van der Waals surface area contributed by atoms with Gasteiger partial charge in [-0.2, -0.15) is 0 Å². The number of amides is 2. The maximum Gasteiger partial charge on any atom is 0.254 e. The summed E-state index contributed by atoms with van der Waals surface area (Å²) >= 11 is 0. The highest BCUT2D eigenvalue weighted by Crippen LogP contribution is 2.66. The minimum absolute atomic E-state index is 0.159. The molecule has 28 heavy (non-hydrogen) atoms. The van der Waals surface area contributed by atoms with Gasteiger partial charge in [0.25, 0.3) is 5.56 Å². The fourth-order valence-corrected chi connectivity index (χ4v) is 4.66. The third kappa shape index (κ3) is 2.65. The van der Waals surface area contributed by atoms with Crippen LogP contribution in [-0.2, 0) is 17.8 Å². The first-order valence-corrected chi connectivity index (χ1v) is 9.78. The first kappa shape index (κ1) is 17.2. The topological polar surface area (TPSA) is 109 Å². The van der Waals surface area contributed by atoms with Gasteiger partial charge in [0.2, 0.25) is 11.8 Å². The molecule has 1 aromatic carbocycles. The molecule has 2 amide bonds. The molecule has 7 heteroatoms. The van der Waals surface area contributed by atoms with Crippen LogP contribution >= 0.6 is 0 Å². The summed E-state index contributed by atoms with van der Waals surface area (Å²) in [5, 5.41) is 0. The van der Waals surface area contributed by atoms with Gasteiger partial charge in [0.1, 0.15) is 5.82 Å². The molecule has 1 atom stereocenters. The van der Waals surface area contributed by atoms with Gasteiger partial charge in [-0.15, -0.1) is 0 Å². The number of carbonyl (C=O) groups is 2. The Bertz CT molecular complexity index is 1040. The number of H-pyrrole nitrogens is 1. The van der Waals surface area contributed by atoms with Crippen molar-refractivity contribution in [1.82, 2.24) is 14.9 Å². The highest BCUT2D eigenvalue weighted by Gasteiger charge is 2.61. The lowest BCUT2D eigenvalue weighted by molar-refractivity contribution is -0.135. The van der Waals surface area contributed by atoms with Crippen molar-refractivity contribution in [1.29, 1.82) is 0 Å². The third-order valence-electron chi connectivity index (χ3n) is 6.67. The Hall–Kier alpha value is -2.96. The monoisotopic (exact) mass is 378 g/mol. The van der Waals surface area contributed by atoms with E-state index in [4.69, 9.17) is 5.73 Å². The Morgan fingerprint density at radius 2 is 1.96 bits per heavy atom. The second-order valence-corrected chi connectivity index (χ2v) is 8.26. The van der Waals surface area contributed by atoms with Gasteiger partial charge in [0.15, 0.2) is 0 Å². The summed E-state index contributed by atoms with van der Waals surface area (Å²) in [6, 6.07) is 6.64. The number of nitrogens with zero attached hydrogens (tertiary/aromatic N) is 2. The van der Waals surface area contributed by atoms with Crippen LogP contribution in [0.25, 0.3) is 11.4 Å². The molecular formula is C21H22N4O3. The Labute approximate surface area is 162 Å². The van der Waals surface area contributed by atoms with Crippen LogP contribution in [0.4, 0.5) is 0 Å². The summed E-state index contributed by atoms with van der Waals surface area (Å²) < 4.78 is 0. The van der Waals surface area contributed by atoms with Crippen molar-refractivity contribution in [3.8, 4) is 11.4 Å². The van der Waals surface area contributed by atoms with E-state index in [-0.39, 0.29) is 17.4 Å². The fraction of sp³-hybridized carbons (Fsp3) is 0.429. The van der Waals surface area contributed by atoms with E-state index < -0.39 is 5.91 Å². The van der Waals surface area contributed by atoms with Crippen LogP contribution in [0.3, 0.4) is 0 Å². The first-order valence-electron chi connectivity index (χ1n) is 9.78. The van der Waals surface area contributed by atoms with Gasteiger partial charge < -0.3 is 15.6 Å². The number of hydrogen-bond acceptors (Lipinski definition) is 4. The number of aromatic amines is 1. The maximum absolute atomic E-state index is 12.9. The fourth-order valence-electron chi connectivity index (χ4n) is 4.66. The summed E-state index contributed by atoms with van der Waals surface area (Å²) in [6.45, 7) is 0.965. The van der Waals surface area contributed by atoms with Crippen LogP contribution in [0, 0.1) is 11.3 Å². The van der Waals surface area contributed by atoms with E-state index >= 15 is 0 Å². The van der Waals surface area contributed by atoms with Crippen LogP contribution < -0.4 is 11.3 Å². The molecule has 0 radical (unpaired) electrons. The standard InChI is InChI=1S/C21H22N4O3/c22-17(26)12-2-4-13(5-3-12)18-23-16-11-25(9-6-14(16)19(27)24-18)20(28)15-10-21(15)7-1-8-21/h2-5,15H,1,6-11H2,(H2,22,26)(H,23,24,27). The Morgan fingerprint density at radius 3 is 2.57 bits per heavy atom. The number of rotatable bonds is 3. The Balaban J connectivity index is 1.40. The van der Waals surface area contributed by atoms with Crippen molar-refractivity contribution in [3.63, 3.8) is 0 Å². The molecule has 1 unspecified atom stereocenters. The lowest BCUT2D eigenvalue weighted by Crippen LogP contribution is -2.41. The summed E-state index contributed by atoms with van der Waals surface area (Å²) in [5.41, 5.74) is 7.84. The van der Waals surface area contributed by atoms with Crippen molar-refractivity contribution in [2.45, 2.75) is 38.6 Å². The van der Waals surface area contributed by atoms with Crippen LogP contribution in [0.5, 0.6) is 0 Å². The molecule has 1 aromatic heterocycles. The van der Waals surface area contributed by atoms with E-state index in [1.807, 2.05) is 4.90 Å². The van der Waals surface area contributed by atoms with Gasteiger partial charge in [0, 0.05) is 29.2 Å². The third-order valence-corrected chi connectivity index (χ3v) is 6.67. The summed E-state index contributed by atoms with van der Waals surface area (Å²) in [5.74, 6) is 0.332. The highest BCUT2D eigenvalue weighted by atomic mass is 16.2. The highest BCUT2D eigenvalue weighted by molar-refractivity contribution is 5.93. The van der Waals surface area contributed by atoms with E-state index in [9.17, 15) is 14.4 Å². The van der Waals surface area contributed by atoms with Gasteiger partial charge in [-0.05, 0) is 43.2 Å². The molecule has 2 aromatic rings. The Morgan fingerprint density at radius 1 is 1.21 bits per heavy atom. The van der Waals surface area contributed by atoms with Crippen LogP contribution in [0.2, 0.25) is 0 Å². The molecule has 5 rings (SSSR count). The van der Waals surface area contributed by atoms with E-state index in [1.54, 1.807) is 24.3 Å². The molecule has 0 bridgehead atoms. The molecule has 1 aliphatic heterocycles. The van der Waals surface area contributed by atoms with Crippen LogP contribution in [-0.4, -0.2) is 33.2 Å². The average Bonchev–Trinajstić information content (AvgIpc) is 3.43. The Kier molecular flexibility index (Phi) is 3.69. The number of benzene rings is 1. The number of carbonyl (C=O) groups excluding carboxylic acids is 2. The van der Waals surface area contributed by atoms with Gasteiger partial charge in [-0.1, -0.05) is 18.6 Å². The minimum Gasteiger partial charge on any atom is -0.366 e. The zero-order valence-electron chi connectivity index (χ0n) is 15.5. The molecule has 3 aliphatic rings. The predicted molar refractivity (Wildman–Crippen MR) is 102 cm³/mol. The minimum atomic E-state index is -0.503. The van der Waals surface area contributed by atoms with Crippen molar-refractivity contribution < 1.29 is 9.59 Å². The number of nitrogens with two attached hydrogens (primary N) is 1. The smallest absolute Gasteiger partial charge is 0.254 e. The van der Waals surface area contributed by atoms with E-state index in [0.29, 0.717) is 53.1 Å². The molecular weight excluding hydrogens is 356 g/mol. The van der Waals surface area contributed by atoms with Crippen molar-refractivity contribution in [2.24, 2.45) is 17.1 Å². The van der Waals surface area contributed by atoms with Crippen molar-refractivity contribution >= 4 is 11.8 Å². The van der Waals surface area contributed by atoms with Crippen molar-refractivity contribution in [3.05, 3.63) is 51.4 Å². The van der Waals surface area contributed by atoms with E-state index in [2.05, 4.69) is 9.97 Å². The molecule has 2 aliphatic carbocycles. The summed E-state index contributed by atoms with van der Waals surface area (Å²) in [6.07, 6.45) is 5.15. The molecule has 2 fully saturated rings. The molecule has 2 heterocycles. The molecule has 7 nitrogen and oxygen atoms in total. The molecule has 144 valence electrons. The largest absolute Gasteiger partial charge is 0.366 e. The molecule has 1 spiro atoms. The molecule has 0 saturated heterocycles. The van der Waals surface area contributed by atoms with E-state index in [0.717, 1.165) is 6.42 Å². The van der Waals surface area contributed by atoms with Crippen LogP contribution in [0.15, 0.2) is 29.1 Å². The second-order valence-electron chi connectivity index (χ2n) is 8.26. The van der Waals surface area contributed by atoms with Crippen LogP contribution in [0.1, 0.15) is 47.3 Å². The van der Waals surface area contributed by atoms with Gasteiger partial charge >= 0.3 is 0 Å². The molecule has 3 N–H and O–H groups in total. The maximum atomic E-state index is 12.9. The first-order chi connectivity index (χ1) is 13.5. The lowest BCUT2D eigenvalue weighted by atomic mass is 9.79. The quantitative estimate of drug-likeness (QED) is 0.845. The van der Waals surface area contributed by atoms with Gasteiger partial charge in [-0.3, -0.25) is 14.4 Å². The number of primary amides is 1. The molecule has 2 saturated carbocycles. The van der Waals surface area contributed by atoms with Crippen molar-refractivity contribution in [2.75, 3.05) is 6.54 Å². The zero-order valence-corrected chi connectivity index (χ0v) is 15.5. The number of hydrogen-bond donors (Lipinski definition) is 2. The lowest BCUT2D eigenvalue weighted by Gasteiger charge is -2.31. The summed E-state index contributed by atoms with van der Waals surface area (Å²) in [4.78, 5) is 46.0. The SMILES string of the molecule is NC(=O)c1ccc(-c2nc3c(c(=O)[nH]2)CCN(C(=O)C2CC24CCC4)C3)cc1. The van der Waals surface area contributed by atoms with Gasteiger partial charge in [-0.25, -0.2) is 4.98 Å². The summed E-state index contributed by atoms with van der Waals surface area (Å²) in [7, 11) is 0. The second kappa shape index (κ2) is 6.02. The number of aromatic nitrogens is 2. The zero-order chi connectivity index (χ0) is 19.5. The number of nitrogens with one attached hydrogen (secondary N) is 1. The normalized spacial score (nSPS) is 21.7. The number of fused-ring (bicyclic) bond motifs is 1. The van der Waals surface area contributed by atoms with E-state index in [1.165, 1.54) is 19.3 Å².